The maximum absolute atomic E-state index is 13.2. The summed E-state index contributed by atoms with van der Waals surface area (Å²) in [4.78, 5) is 3.13. The van der Waals surface area contributed by atoms with Gasteiger partial charge in [0.1, 0.15) is 4.90 Å². The average molecular weight is 254 g/mol. The van der Waals surface area contributed by atoms with E-state index in [0.29, 0.717) is 0 Å². The molecule has 7 heteroatoms. The van der Waals surface area contributed by atoms with E-state index in [9.17, 15) is 12.8 Å². The van der Waals surface area contributed by atoms with Gasteiger partial charge in [-0.1, -0.05) is 0 Å². The molecule has 0 atom stereocenters. The molecular weight excluding hydrogens is 245 g/mol. The fourth-order valence-corrected chi connectivity index (χ4v) is 1.53. The standard InChI is InChI=1S/C8H9ClFNO3S/c1-5(2)14-8-7(10)3-6(4-11-8)15(9,12)13/h3-5H,1-2H3. The van der Waals surface area contributed by atoms with Crippen LogP contribution in [0.5, 0.6) is 5.88 Å². The van der Waals surface area contributed by atoms with Gasteiger partial charge >= 0.3 is 0 Å². The van der Waals surface area contributed by atoms with Crippen molar-refractivity contribution in [2.24, 2.45) is 0 Å². The van der Waals surface area contributed by atoms with Gasteiger partial charge in [0.15, 0.2) is 5.82 Å². The number of rotatable bonds is 3. The maximum Gasteiger partial charge on any atom is 0.262 e. The smallest absolute Gasteiger partial charge is 0.262 e. The number of hydrogen-bond acceptors (Lipinski definition) is 4. The molecule has 0 fully saturated rings. The van der Waals surface area contributed by atoms with E-state index in [-0.39, 0.29) is 12.0 Å². The highest BCUT2D eigenvalue weighted by molar-refractivity contribution is 8.13. The van der Waals surface area contributed by atoms with E-state index >= 15 is 0 Å². The molecule has 0 saturated heterocycles. The highest BCUT2D eigenvalue weighted by Gasteiger charge is 2.15. The van der Waals surface area contributed by atoms with Crippen molar-refractivity contribution < 1.29 is 17.5 Å². The highest BCUT2D eigenvalue weighted by atomic mass is 35.7. The molecule has 0 aliphatic heterocycles. The summed E-state index contributed by atoms with van der Waals surface area (Å²) in [6, 6.07) is 0.771. The van der Waals surface area contributed by atoms with Gasteiger partial charge in [0.25, 0.3) is 14.9 Å². The SMILES string of the molecule is CC(C)Oc1ncc(S(=O)(=O)Cl)cc1F. The first kappa shape index (κ1) is 12.2. The molecule has 0 amide bonds. The zero-order chi connectivity index (χ0) is 11.6. The zero-order valence-electron chi connectivity index (χ0n) is 8.07. The molecule has 0 spiro atoms. The number of ether oxygens (including phenoxy) is 1. The third kappa shape index (κ3) is 3.32. The summed E-state index contributed by atoms with van der Waals surface area (Å²) in [6.45, 7) is 3.40. The van der Waals surface area contributed by atoms with Gasteiger partial charge in [-0.3, -0.25) is 0 Å². The van der Waals surface area contributed by atoms with Crippen LogP contribution in [0.25, 0.3) is 0 Å². The first-order valence-electron chi connectivity index (χ1n) is 4.07. The first-order chi connectivity index (χ1) is 6.80. The lowest BCUT2D eigenvalue weighted by atomic mass is 10.4. The van der Waals surface area contributed by atoms with Crippen molar-refractivity contribution >= 4 is 19.7 Å². The largest absolute Gasteiger partial charge is 0.473 e. The summed E-state index contributed by atoms with van der Waals surface area (Å²) >= 11 is 0. The quantitative estimate of drug-likeness (QED) is 0.773. The van der Waals surface area contributed by atoms with E-state index in [1.165, 1.54) is 0 Å². The Labute approximate surface area is 91.5 Å². The minimum absolute atomic E-state index is 0.242. The molecule has 1 aromatic heterocycles. The molecule has 1 heterocycles. The van der Waals surface area contributed by atoms with Crippen LogP contribution in [0.3, 0.4) is 0 Å². The first-order valence-corrected chi connectivity index (χ1v) is 6.38. The molecule has 0 saturated carbocycles. The van der Waals surface area contributed by atoms with Crippen molar-refractivity contribution in [3.8, 4) is 5.88 Å². The summed E-state index contributed by atoms with van der Waals surface area (Å²) in [7, 11) is 1.06. The molecular formula is C8H9ClFNO3S. The minimum atomic E-state index is -3.96. The van der Waals surface area contributed by atoms with E-state index in [0.717, 1.165) is 12.3 Å². The number of aromatic nitrogens is 1. The Hall–Kier alpha value is -0.880. The van der Waals surface area contributed by atoms with Gasteiger partial charge in [-0.2, -0.15) is 0 Å². The Morgan fingerprint density at radius 3 is 2.53 bits per heavy atom. The Bertz CT molecular complexity index is 461. The van der Waals surface area contributed by atoms with Crippen molar-refractivity contribution in [3.05, 3.63) is 18.1 Å². The van der Waals surface area contributed by atoms with Crippen molar-refractivity contribution in [2.75, 3.05) is 0 Å². The molecule has 15 heavy (non-hydrogen) atoms. The second-order valence-corrected chi connectivity index (χ2v) is 5.63. The van der Waals surface area contributed by atoms with Crippen molar-refractivity contribution in [2.45, 2.75) is 24.8 Å². The summed E-state index contributed by atoms with van der Waals surface area (Å²) in [5.74, 6) is -1.10. The van der Waals surface area contributed by atoms with E-state index in [4.69, 9.17) is 15.4 Å². The molecule has 1 rings (SSSR count). The summed E-state index contributed by atoms with van der Waals surface area (Å²) in [6.07, 6.45) is 0.703. The topological polar surface area (TPSA) is 56.3 Å². The Morgan fingerprint density at radius 1 is 1.53 bits per heavy atom. The predicted octanol–water partition coefficient (Wildman–Crippen LogP) is 1.94. The third-order valence-electron chi connectivity index (χ3n) is 1.41. The van der Waals surface area contributed by atoms with E-state index < -0.39 is 19.8 Å². The molecule has 84 valence electrons. The summed E-state index contributed by atoms with van der Waals surface area (Å²) in [5.41, 5.74) is 0. The van der Waals surface area contributed by atoms with Crippen molar-refractivity contribution in [1.82, 2.24) is 4.98 Å². The normalized spacial score (nSPS) is 11.8. The number of nitrogens with zero attached hydrogens (tertiary/aromatic N) is 1. The van der Waals surface area contributed by atoms with Crippen molar-refractivity contribution in [3.63, 3.8) is 0 Å². The molecule has 0 aromatic carbocycles. The van der Waals surface area contributed by atoms with Gasteiger partial charge in [0.2, 0.25) is 0 Å². The van der Waals surface area contributed by atoms with Crippen molar-refractivity contribution in [1.29, 1.82) is 0 Å². The average Bonchev–Trinajstić information content (AvgIpc) is 2.05. The molecule has 0 bridgehead atoms. The van der Waals surface area contributed by atoms with E-state index in [2.05, 4.69) is 4.98 Å². The van der Waals surface area contributed by atoms with Crippen LogP contribution in [-0.4, -0.2) is 19.5 Å². The van der Waals surface area contributed by atoms with Crippen LogP contribution in [0.15, 0.2) is 17.2 Å². The number of halogens is 2. The Morgan fingerprint density at radius 2 is 2.13 bits per heavy atom. The molecule has 0 aliphatic carbocycles. The molecule has 1 aromatic rings. The van der Waals surface area contributed by atoms with Crippen LogP contribution in [0, 0.1) is 5.82 Å². The lowest BCUT2D eigenvalue weighted by Gasteiger charge is -2.09. The van der Waals surface area contributed by atoms with Crippen LogP contribution in [0.4, 0.5) is 4.39 Å². The monoisotopic (exact) mass is 253 g/mol. The third-order valence-corrected chi connectivity index (χ3v) is 2.73. The Kier molecular flexibility index (Phi) is 3.51. The van der Waals surface area contributed by atoms with Crippen LogP contribution in [-0.2, 0) is 9.05 Å². The van der Waals surface area contributed by atoms with Crippen LogP contribution < -0.4 is 4.74 Å². The minimum Gasteiger partial charge on any atom is -0.473 e. The van der Waals surface area contributed by atoms with Gasteiger partial charge in [0.05, 0.1) is 12.3 Å². The van der Waals surface area contributed by atoms with Gasteiger partial charge in [-0.15, -0.1) is 0 Å². The van der Waals surface area contributed by atoms with Gasteiger partial charge < -0.3 is 4.74 Å². The zero-order valence-corrected chi connectivity index (χ0v) is 9.64. The maximum atomic E-state index is 13.2. The van der Waals surface area contributed by atoms with Gasteiger partial charge in [-0.05, 0) is 13.8 Å². The molecule has 0 unspecified atom stereocenters. The van der Waals surface area contributed by atoms with E-state index in [1.807, 2.05) is 0 Å². The Balaban J connectivity index is 3.09. The lowest BCUT2D eigenvalue weighted by Crippen LogP contribution is -2.09. The van der Waals surface area contributed by atoms with Crippen LogP contribution >= 0.6 is 10.7 Å². The molecule has 0 N–H and O–H groups in total. The summed E-state index contributed by atoms with van der Waals surface area (Å²) < 4.78 is 39.9. The van der Waals surface area contributed by atoms with Gasteiger partial charge in [-0.25, -0.2) is 17.8 Å². The van der Waals surface area contributed by atoms with Gasteiger partial charge in [0, 0.05) is 16.7 Å². The molecule has 0 radical (unpaired) electrons. The molecule has 4 nitrogen and oxygen atoms in total. The number of hydrogen-bond donors (Lipinski definition) is 0. The predicted molar refractivity (Wildman–Crippen MR) is 53.0 cm³/mol. The van der Waals surface area contributed by atoms with Crippen LogP contribution in [0.1, 0.15) is 13.8 Å². The highest BCUT2D eigenvalue weighted by Crippen LogP contribution is 2.20. The lowest BCUT2D eigenvalue weighted by molar-refractivity contribution is 0.220. The second-order valence-electron chi connectivity index (χ2n) is 3.06. The van der Waals surface area contributed by atoms with Crippen LogP contribution in [0.2, 0.25) is 0 Å². The summed E-state index contributed by atoms with van der Waals surface area (Å²) in [5, 5.41) is 0. The fraction of sp³-hybridized carbons (Fsp3) is 0.375. The fourth-order valence-electron chi connectivity index (χ4n) is 0.851. The van der Waals surface area contributed by atoms with E-state index in [1.54, 1.807) is 13.8 Å². The molecule has 0 aliphatic rings. The second kappa shape index (κ2) is 4.32. The number of pyridine rings is 1.